The Kier molecular flexibility index (Phi) is 4.33. The summed E-state index contributed by atoms with van der Waals surface area (Å²) in [4.78, 5) is 13.0. The maximum absolute atomic E-state index is 10.5. The molecule has 0 aromatic rings. The first-order valence-electron chi connectivity index (χ1n) is 5.50. The van der Waals surface area contributed by atoms with E-state index in [1.165, 1.54) is 19.4 Å². The number of nitrogens with zero attached hydrogens (tertiary/aromatic N) is 1. The number of rotatable bonds is 4. The topological polar surface area (TPSA) is 20.3 Å². The standard InChI is InChI=1S/C12H21NO/c1-10(2)13-6-4-5-12(8-13)7-11(3)9-14/h9-10,12H,3-8H2,1-2H3. The number of carbonyl (C=O) groups excluding carboxylic acids is 1. The monoisotopic (exact) mass is 195 g/mol. The molecule has 0 N–H and O–H groups in total. The summed E-state index contributed by atoms with van der Waals surface area (Å²) in [6.07, 6.45) is 4.28. The Morgan fingerprint density at radius 1 is 1.64 bits per heavy atom. The van der Waals surface area contributed by atoms with E-state index in [1.54, 1.807) is 0 Å². The first-order chi connectivity index (χ1) is 6.63. The fraction of sp³-hybridized carbons (Fsp3) is 0.750. The molecule has 1 heterocycles. The number of likely N-dealkylation sites (tertiary alicyclic amines) is 1. The Morgan fingerprint density at radius 3 is 2.93 bits per heavy atom. The minimum Gasteiger partial charge on any atom is -0.301 e. The Hall–Kier alpha value is -0.630. The molecule has 1 aliphatic rings. The van der Waals surface area contributed by atoms with Gasteiger partial charge in [0.1, 0.15) is 6.29 Å². The van der Waals surface area contributed by atoms with E-state index in [9.17, 15) is 4.79 Å². The highest BCUT2D eigenvalue weighted by Gasteiger charge is 2.21. The maximum Gasteiger partial charge on any atom is 0.145 e. The molecule has 1 rings (SSSR count). The number of hydrogen-bond donors (Lipinski definition) is 0. The van der Waals surface area contributed by atoms with Crippen LogP contribution in [-0.2, 0) is 4.79 Å². The summed E-state index contributed by atoms with van der Waals surface area (Å²) in [5.74, 6) is 0.642. The zero-order valence-corrected chi connectivity index (χ0v) is 9.33. The lowest BCUT2D eigenvalue weighted by Crippen LogP contribution is -2.40. The van der Waals surface area contributed by atoms with Gasteiger partial charge in [-0.05, 0) is 51.1 Å². The van der Waals surface area contributed by atoms with Gasteiger partial charge in [0, 0.05) is 12.6 Å². The first kappa shape index (κ1) is 11.4. The van der Waals surface area contributed by atoms with Gasteiger partial charge in [-0.2, -0.15) is 0 Å². The second-order valence-electron chi connectivity index (χ2n) is 4.58. The van der Waals surface area contributed by atoms with Crippen LogP contribution in [-0.4, -0.2) is 30.3 Å². The molecular formula is C12H21NO. The predicted molar refractivity (Wildman–Crippen MR) is 59.3 cm³/mol. The average molecular weight is 195 g/mol. The lowest BCUT2D eigenvalue weighted by molar-refractivity contribution is -0.105. The van der Waals surface area contributed by atoms with Gasteiger partial charge in [-0.3, -0.25) is 4.79 Å². The van der Waals surface area contributed by atoms with Crippen molar-refractivity contribution >= 4 is 6.29 Å². The van der Waals surface area contributed by atoms with Gasteiger partial charge in [0.15, 0.2) is 0 Å². The third-order valence-electron chi connectivity index (χ3n) is 3.00. The maximum atomic E-state index is 10.5. The molecule has 0 aromatic heterocycles. The zero-order chi connectivity index (χ0) is 10.6. The van der Waals surface area contributed by atoms with Gasteiger partial charge in [0.05, 0.1) is 0 Å². The number of piperidine rings is 1. The largest absolute Gasteiger partial charge is 0.301 e. The second kappa shape index (κ2) is 5.30. The van der Waals surface area contributed by atoms with Crippen LogP contribution in [0, 0.1) is 5.92 Å². The van der Waals surface area contributed by atoms with Crippen molar-refractivity contribution in [2.24, 2.45) is 5.92 Å². The summed E-state index contributed by atoms with van der Waals surface area (Å²) in [7, 11) is 0. The Morgan fingerprint density at radius 2 is 2.36 bits per heavy atom. The molecule has 2 heteroatoms. The smallest absolute Gasteiger partial charge is 0.145 e. The molecule has 0 spiro atoms. The summed E-state index contributed by atoms with van der Waals surface area (Å²) >= 11 is 0. The summed E-state index contributed by atoms with van der Waals surface area (Å²) in [5, 5.41) is 0. The zero-order valence-electron chi connectivity index (χ0n) is 9.33. The van der Waals surface area contributed by atoms with Crippen LogP contribution in [0.3, 0.4) is 0 Å². The lowest BCUT2D eigenvalue weighted by Gasteiger charge is -2.35. The Labute approximate surface area is 87.0 Å². The average Bonchev–Trinajstić information content (AvgIpc) is 2.18. The van der Waals surface area contributed by atoms with Gasteiger partial charge in [0.25, 0.3) is 0 Å². The van der Waals surface area contributed by atoms with Gasteiger partial charge in [-0.15, -0.1) is 0 Å². The van der Waals surface area contributed by atoms with Crippen molar-refractivity contribution in [1.82, 2.24) is 4.90 Å². The third-order valence-corrected chi connectivity index (χ3v) is 3.00. The number of allylic oxidation sites excluding steroid dienone is 1. The highest BCUT2D eigenvalue weighted by molar-refractivity contribution is 5.71. The molecule has 1 unspecified atom stereocenters. The minimum absolute atomic E-state index is 0.627. The van der Waals surface area contributed by atoms with E-state index in [4.69, 9.17) is 0 Å². The molecule has 2 nitrogen and oxygen atoms in total. The Bertz CT molecular complexity index is 210. The normalized spacial score (nSPS) is 23.8. The molecule has 0 saturated carbocycles. The van der Waals surface area contributed by atoms with Crippen LogP contribution in [0.1, 0.15) is 33.1 Å². The number of hydrogen-bond acceptors (Lipinski definition) is 2. The van der Waals surface area contributed by atoms with Crippen LogP contribution in [0.4, 0.5) is 0 Å². The lowest BCUT2D eigenvalue weighted by atomic mass is 9.91. The molecule has 0 radical (unpaired) electrons. The highest BCUT2D eigenvalue weighted by Crippen LogP contribution is 2.23. The minimum atomic E-state index is 0.627. The summed E-state index contributed by atoms with van der Waals surface area (Å²) < 4.78 is 0. The van der Waals surface area contributed by atoms with E-state index in [0.29, 0.717) is 12.0 Å². The van der Waals surface area contributed by atoms with E-state index in [-0.39, 0.29) is 0 Å². The molecule has 1 fully saturated rings. The molecule has 0 amide bonds. The van der Waals surface area contributed by atoms with Gasteiger partial charge in [0.2, 0.25) is 0 Å². The SMILES string of the molecule is C=C(C=O)CC1CCCN(C(C)C)C1. The van der Waals surface area contributed by atoms with Crippen LogP contribution in [0.5, 0.6) is 0 Å². The van der Waals surface area contributed by atoms with Gasteiger partial charge in [-0.1, -0.05) is 6.58 Å². The van der Waals surface area contributed by atoms with Crippen LogP contribution >= 0.6 is 0 Å². The fourth-order valence-electron chi connectivity index (χ4n) is 2.15. The fourth-order valence-corrected chi connectivity index (χ4v) is 2.15. The second-order valence-corrected chi connectivity index (χ2v) is 4.58. The van der Waals surface area contributed by atoms with Crippen LogP contribution in [0.25, 0.3) is 0 Å². The molecule has 1 saturated heterocycles. The van der Waals surface area contributed by atoms with Crippen molar-refractivity contribution in [3.8, 4) is 0 Å². The number of carbonyl (C=O) groups is 1. The van der Waals surface area contributed by atoms with Crippen molar-refractivity contribution in [2.45, 2.75) is 39.2 Å². The number of aldehydes is 1. The molecule has 1 atom stereocenters. The molecular weight excluding hydrogens is 174 g/mol. The molecule has 0 bridgehead atoms. The van der Waals surface area contributed by atoms with Crippen molar-refractivity contribution in [1.29, 1.82) is 0 Å². The Balaban J connectivity index is 2.39. The van der Waals surface area contributed by atoms with Crippen LogP contribution in [0.15, 0.2) is 12.2 Å². The molecule has 80 valence electrons. The molecule has 1 aliphatic heterocycles. The third kappa shape index (κ3) is 3.26. The van der Waals surface area contributed by atoms with Gasteiger partial charge >= 0.3 is 0 Å². The van der Waals surface area contributed by atoms with Crippen molar-refractivity contribution in [2.75, 3.05) is 13.1 Å². The molecule has 14 heavy (non-hydrogen) atoms. The summed E-state index contributed by atoms with van der Waals surface area (Å²) in [6.45, 7) is 10.6. The van der Waals surface area contributed by atoms with Gasteiger partial charge < -0.3 is 4.90 Å². The van der Waals surface area contributed by atoms with E-state index in [1.807, 2.05) is 0 Å². The van der Waals surface area contributed by atoms with E-state index >= 15 is 0 Å². The van der Waals surface area contributed by atoms with Crippen LogP contribution in [0.2, 0.25) is 0 Å². The van der Waals surface area contributed by atoms with Crippen molar-refractivity contribution < 1.29 is 4.79 Å². The van der Waals surface area contributed by atoms with E-state index in [0.717, 1.165) is 24.8 Å². The first-order valence-corrected chi connectivity index (χ1v) is 5.50. The van der Waals surface area contributed by atoms with Crippen LogP contribution < -0.4 is 0 Å². The van der Waals surface area contributed by atoms with Crippen molar-refractivity contribution in [3.63, 3.8) is 0 Å². The summed E-state index contributed by atoms with van der Waals surface area (Å²) in [5.41, 5.74) is 0.751. The van der Waals surface area contributed by atoms with Gasteiger partial charge in [-0.25, -0.2) is 0 Å². The predicted octanol–water partition coefficient (Wildman–Crippen LogP) is 2.25. The highest BCUT2D eigenvalue weighted by atomic mass is 16.1. The van der Waals surface area contributed by atoms with E-state index < -0.39 is 0 Å². The molecule has 0 aromatic carbocycles. The van der Waals surface area contributed by atoms with E-state index in [2.05, 4.69) is 25.3 Å². The molecule has 0 aliphatic carbocycles. The quantitative estimate of drug-likeness (QED) is 0.506. The van der Waals surface area contributed by atoms with Crippen molar-refractivity contribution in [3.05, 3.63) is 12.2 Å². The summed E-state index contributed by atoms with van der Waals surface area (Å²) in [6, 6.07) is 0.627.